The minimum Gasteiger partial charge on any atom is -0.480 e. The number of rotatable bonds is 4. The van der Waals surface area contributed by atoms with Crippen molar-refractivity contribution in [3.63, 3.8) is 0 Å². The van der Waals surface area contributed by atoms with Crippen LogP contribution < -0.4 is 0 Å². The van der Waals surface area contributed by atoms with Crippen LogP contribution in [0.15, 0.2) is 0 Å². The maximum atomic E-state index is 10.6. The van der Waals surface area contributed by atoms with E-state index in [4.69, 9.17) is 5.11 Å². The van der Waals surface area contributed by atoms with E-state index >= 15 is 0 Å². The third kappa shape index (κ3) is 5.77. The van der Waals surface area contributed by atoms with Crippen LogP contribution in [0.2, 0.25) is 0 Å². The second-order valence-corrected chi connectivity index (χ2v) is 3.54. The van der Waals surface area contributed by atoms with Crippen LogP contribution in [0.25, 0.3) is 0 Å². The molecule has 1 N–H and O–H groups in total. The molecule has 0 atom stereocenters. The molecule has 11 heavy (non-hydrogen) atoms. The smallest absolute Gasteiger partial charge is 0.321 e. The van der Waals surface area contributed by atoms with Crippen molar-refractivity contribution in [3.8, 4) is 0 Å². The molecular formula is C4H9NO5S. The van der Waals surface area contributed by atoms with Gasteiger partial charge in [0.1, 0.15) is 0 Å². The summed E-state index contributed by atoms with van der Waals surface area (Å²) < 4.78 is 25.4. The predicted molar refractivity (Wildman–Crippen MR) is 36.2 cm³/mol. The van der Waals surface area contributed by atoms with Crippen molar-refractivity contribution in [2.45, 2.75) is 0 Å². The highest BCUT2D eigenvalue weighted by Gasteiger charge is 2.17. The Balaban J connectivity index is 4.14. The molecule has 0 radical (unpaired) electrons. The van der Waals surface area contributed by atoms with Gasteiger partial charge in [0.2, 0.25) is 0 Å². The van der Waals surface area contributed by atoms with E-state index in [1.807, 2.05) is 0 Å². The van der Waals surface area contributed by atoms with Crippen LogP contribution in [0.1, 0.15) is 0 Å². The van der Waals surface area contributed by atoms with Crippen LogP contribution in [0.5, 0.6) is 0 Å². The standard InChI is InChI=1S/C4H9NO5S/c1-5(2)10-11(8,9)3-4(6)7/h3H2,1-2H3,(H,6,7). The second-order valence-electron chi connectivity index (χ2n) is 1.98. The Morgan fingerprint density at radius 2 is 2.00 bits per heavy atom. The van der Waals surface area contributed by atoms with Gasteiger partial charge in [0.05, 0.1) is 0 Å². The van der Waals surface area contributed by atoms with Crippen molar-refractivity contribution in [2.75, 3.05) is 19.8 Å². The van der Waals surface area contributed by atoms with Crippen LogP contribution in [0.4, 0.5) is 0 Å². The minimum atomic E-state index is -3.95. The quantitative estimate of drug-likeness (QED) is 0.556. The van der Waals surface area contributed by atoms with Gasteiger partial charge in [0.15, 0.2) is 5.75 Å². The van der Waals surface area contributed by atoms with Gasteiger partial charge in [-0.15, -0.1) is 0 Å². The van der Waals surface area contributed by atoms with Crippen LogP contribution in [0.3, 0.4) is 0 Å². The first kappa shape index (κ1) is 10.3. The van der Waals surface area contributed by atoms with E-state index in [1.54, 1.807) is 0 Å². The number of carbonyl (C=O) groups is 1. The summed E-state index contributed by atoms with van der Waals surface area (Å²) in [6.45, 7) is 0. The summed E-state index contributed by atoms with van der Waals surface area (Å²) in [4.78, 5) is 9.92. The number of nitrogens with zero attached hydrogens (tertiary/aromatic N) is 1. The molecule has 66 valence electrons. The van der Waals surface area contributed by atoms with Gasteiger partial charge in [-0.05, 0) is 0 Å². The molecule has 0 rings (SSSR count). The summed E-state index contributed by atoms with van der Waals surface area (Å²) in [5.74, 6) is -2.46. The van der Waals surface area contributed by atoms with Gasteiger partial charge in [0, 0.05) is 14.1 Å². The van der Waals surface area contributed by atoms with Gasteiger partial charge in [-0.1, -0.05) is 0 Å². The Hall–Kier alpha value is -0.660. The van der Waals surface area contributed by atoms with Crippen molar-refractivity contribution in [1.29, 1.82) is 0 Å². The van der Waals surface area contributed by atoms with E-state index in [1.165, 1.54) is 14.1 Å². The summed E-state index contributed by atoms with van der Waals surface area (Å²) in [7, 11) is -1.26. The monoisotopic (exact) mass is 183 g/mol. The van der Waals surface area contributed by atoms with Crippen molar-refractivity contribution >= 4 is 16.1 Å². The molecule has 0 aliphatic carbocycles. The molecule has 0 aromatic rings. The fourth-order valence-electron chi connectivity index (χ4n) is 0.405. The van der Waals surface area contributed by atoms with E-state index in [9.17, 15) is 13.2 Å². The number of hydrogen-bond donors (Lipinski definition) is 1. The maximum Gasteiger partial charge on any atom is 0.321 e. The molecule has 0 aliphatic rings. The SMILES string of the molecule is CN(C)OS(=O)(=O)CC(=O)O. The molecule has 0 aliphatic heterocycles. The Labute approximate surface area is 64.5 Å². The molecule has 0 saturated carbocycles. The molecule has 0 fully saturated rings. The summed E-state index contributed by atoms with van der Waals surface area (Å²) in [6.07, 6.45) is 0. The van der Waals surface area contributed by atoms with Crippen LogP contribution in [0, 0.1) is 0 Å². The first-order chi connectivity index (χ1) is 4.83. The lowest BCUT2D eigenvalue weighted by molar-refractivity contribution is -0.134. The minimum absolute atomic E-state index is 0.915. The summed E-state index contributed by atoms with van der Waals surface area (Å²) >= 11 is 0. The number of hydroxylamine groups is 2. The van der Waals surface area contributed by atoms with E-state index in [2.05, 4.69) is 4.28 Å². The van der Waals surface area contributed by atoms with Crippen molar-refractivity contribution in [1.82, 2.24) is 5.06 Å². The van der Waals surface area contributed by atoms with E-state index < -0.39 is 21.8 Å². The molecule has 6 nitrogen and oxygen atoms in total. The van der Waals surface area contributed by atoms with Crippen LogP contribution in [-0.4, -0.2) is 44.4 Å². The largest absolute Gasteiger partial charge is 0.480 e. The van der Waals surface area contributed by atoms with Gasteiger partial charge in [-0.2, -0.15) is 17.8 Å². The fraction of sp³-hybridized carbons (Fsp3) is 0.750. The van der Waals surface area contributed by atoms with Crippen molar-refractivity contribution < 1.29 is 22.6 Å². The summed E-state index contributed by atoms with van der Waals surface area (Å²) in [6, 6.07) is 0. The topological polar surface area (TPSA) is 83.9 Å². The van der Waals surface area contributed by atoms with Gasteiger partial charge in [-0.25, -0.2) is 0 Å². The molecule has 0 saturated heterocycles. The Kier molecular flexibility index (Phi) is 3.43. The molecule has 0 aromatic carbocycles. The van der Waals surface area contributed by atoms with Crippen molar-refractivity contribution in [2.24, 2.45) is 0 Å². The highest BCUT2D eigenvalue weighted by atomic mass is 32.2. The number of hydrogen-bond acceptors (Lipinski definition) is 5. The van der Waals surface area contributed by atoms with E-state index in [-0.39, 0.29) is 0 Å². The van der Waals surface area contributed by atoms with Gasteiger partial charge >= 0.3 is 5.97 Å². The lowest BCUT2D eigenvalue weighted by atomic mass is 10.8. The molecule has 0 amide bonds. The summed E-state index contributed by atoms with van der Waals surface area (Å²) in [5, 5.41) is 9.00. The highest BCUT2D eigenvalue weighted by molar-refractivity contribution is 7.87. The normalized spacial score (nSPS) is 11.9. The highest BCUT2D eigenvalue weighted by Crippen LogP contribution is 1.93. The lowest BCUT2D eigenvalue weighted by Gasteiger charge is -2.07. The van der Waals surface area contributed by atoms with E-state index in [0.29, 0.717) is 0 Å². The Bertz CT molecular complexity index is 231. The molecule has 0 unspecified atom stereocenters. The third-order valence-electron chi connectivity index (χ3n) is 0.563. The molecule has 0 heterocycles. The molecule has 0 bridgehead atoms. The van der Waals surface area contributed by atoms with Gasteiger partial charge < -0.3 is 5.11 Å². The second kappa shape index (κ2) is 3.65. The Morgan fingerprint density at radius 3 is 2.27 bits per heavy atom. The van der Waals surface area contributed by atoms with Crippen LogP contribution >= 0.6 is 0 Å². The zero-order chi connectivity index (χ0) is 9.07. The number of carboxylic acid groups (broad SMARTS) is 1. The van der Waals surface area contributed by atoms with Crippen LogP contribution in [-0.2, 0) is 19.2 Å². The first-order valence-electron chi connectivity index (χ1n) is 2.65. The van der Waals surface area contributed by atoms with E-state index in [0.717, 1.165) is 5.06 Å². The van der Waals surface area contributed by atoms with Crippen molar-refractivity contribution in [3.05, 3.63) is 0 Å². The maximum absolute atomic E-state index is 10.6. The molecular weight excluding hydrogens is 174 g/mol. The zero-order valence-corrected chi connectivity index (χ0v) is 6.96. The summed E-state index contributed by atoms with van der Waals surface area (Å²) in [5.41, 5.74) is 0. The third-order valence-corrected chi connectivity index (χ3v) is 1.69. The molecule has 7 heteroatoms. The van der Waals surface area contributed by atoms with Gasteiger partial charge in [0.25, 0.3) is 10.1 Å². The number of carboxylic acids is 1. The van der Waals surface area contributed by atoms with Gasteiger partial charge in [-0.3, -0.25) is 4.79 Å². The average molecular weight is 183 g/mol. The Morgan fingerprint density at radius 1 is 1.55 bits per heavy atom. The predicted octanol–water partition coefficient (Wildman–Crippen LogP) is -1.11. The molecule has 0 spiro atoms. The number of aliphatic carboxylic acids is 1. The zero-order valence-electron chi connectivity index (χ0n) is 6.14. The average Bonchev–Trinajstić information content (AvgIpc) is 1.53. The first-order valence-corrected chi connectivity index (χ1v) is 4.22. The fourth-order valence-corrected chi connectivity index (χ4v) is 1.21. The molecule has 0 aromatic heterocycles. The lowest BCUT2D eigenvalue weighted by Crippen LogP contribution is -2.24.